The summed E-state index contributed by atoms with van der Waals surface area (Å²) in [6, 6.07) is 4.52. The third-order valence-electron chi connectivity index (χ3n) is 7.25. The van der Waals surface area contributed by atoms with Gasteiger partial charge in [-0.15, -0.1) is 0 Å². The Morgan fingerprint density at radius 2 is 1.87 bits per heavy atom. The minimum Gasteiger partial charge on any atom is -0.300 e. The zero-order valence-corrected chi connectivity index (χ0v) is 18.3. The summed E-state index contributed by atoms with van der Waals surface area (Å²) in [6.07, 6.45) is 2.22. The number of rotatable bonds is 5. The van der Waals surface area contributed by atoms with Crippen molar-refractivity contribution in [3.8, 4) is 0 Å². The Morgan fingerprint density at radius 3 is 2.57 bits per heavy atom. The molecule has 4 atom stereocenters. The highest BCUT2D eigenvalue weighted by atomic mass is 32.2. The molecule has 0 bridgehead atoms. The molecule has 8 heteroatoms. The highest BCUT2D eigenvalue weighted by Crippen LogP contribution is 2.45. The van der Waals surface area contributed by atoms with Gasteiger partial charge in [0.2, 0.25) is 10.0 Å². The molecule has 3 aliphatic rings. The van der Waals surface area contributed by atoms with Crippen LogP contribution in [0.1, 0.15) is 57.4 Å². The van der Waals surface area contributed by atoms with Crippen LogP contribution in [0.5, 0.6) is 0 Å². The van der Waals surface area contributed by atoms with E-state index in [0.717, 1.165) is 70.2 Å². The van der Waals surface area contributed by atoms with Crippen molar-refractivity contribution < 1.29 is 21.6 Å². The Kier molecular flexibility index (Phi) is 6.21. The topological polar surface area (TPSA) is 40.6 Å². The zero-order chi connectivity index (χ0) is 21.5. The smallest absolute Gasteiger partial charge is 0.300 e. The summed E-state index contributed by atoms with van der Waals surface area (Å²) in [6.45, 7) is 4.67. The average molecular weight is 445 g/mol. The monoisotopic (exact) mass is 444 g/mol. The van der Waals surface area contributed by atoms with E-state index in [1.807, 2.05) is 0 Å². The Bertz CT molecular complexity index is 856. The molecule has 168 valence electrons. The molecule has 0 saturated carbocycles. The molecule has 1 aromatic rings. The van der Waals surface area contributed by atoms with Crippen LogP contribution in [0.3, 0.4) is 0 Å². The van der Waals surface area contributed by atoms with Gasteiger partial charge in [-0.05, 0) is 75.2 Å². The number of halogens is 3. The van der Waals surface area contributed by atoms with Crippen molar-refractivity contribution in [3.63, 3.8) is 0 Å². The normalized spacial score (nSPS) is 30.8. The standard InChI is InChI=1S/C22H31F3N2O2S/c1-2-3-11-20-19-10-6-13-26-12-5-7-16(21(19)26)15-27(20)30(28,29)18-9-4-8-17(14-18)22(23,24)25/h4,8-9,14,16,19-21H,2-3,5-7,10-13,15H2,1H3/t16-,19-,20-,21+/m1/s1. The van der Waals surface area contributed by atoms with Crippen LogP contribution in [0.25, 0.3) is 0 Å². The number of sulfonamides is 1. The number of alkyl halides is 3. The number of nitrogens with zero attached hydrogens (tertiary/aromatic N) is 2. The van der Waals surface area contributed by atoms with Crippen molar-refractivity contribution in [1.29, 1.82) is 0 Å². The molecular weight excluding hydrogens is 413 g/mol. The average Bonchev–Trinajstić information content (AvgIpc) is 2.72. The van der Waals surface area contributed by atoms with Crippen LogP contribution >= 0.6 is 0 Å². The second kappa shape index (κ2) is 8.43. The predicted molar refractivity (Wildman–Crippen MR) is 109 cm³/mol. The summed E-state index contributed by atoms with van der Waals surface area (Å²) >= 11 is 0. The van der Waals surface area contributed by atoms with Crippen LogP contribution in [0.2, 0.25) is 0 Å². The Morgan fingerprint density at radius 1 is 1.13 bits per heavy atom. The summed E-state index contributed by atoms with van der Waals surface area (Å²) in [5.74, 6) is 0.535. The van der Waals surface area contributed by atoms with Crippen LogP contribution in [-0.4, -0.2) is 49.3 Å². The van der Waals surface area contributed by atoms with E-state index in [4.69, 9.17) is 0 Å². The predicted octanol–water partition coefficient (Wildman–Crippen LogP) is 4.76. The number of unbranched alkanes of at least 4 members (excludes halogenated alkanes) is 1. The van der Waals surface area contributed by atoms with Crippen molar-refractivity contribution in [2.75, 3.05) is 19.6 Å². The van der Waals surface area contributed by atoms with Gasteiger partial charge in [0.25, 0.3) is 0 Å². The minimum atomic E-state index is -4.56. The zero-order valence-electron chi connectivity index (χ0n) is 17.4. The van der Waals surface area contributed by atoms with Crippen molar-refractivity contribution >= 4 is 10.0 Å². The van der Waals surface area contributed by atoms with Gasteiger partial charge in [-0.3, -0.25) is 4.90 Å². The Hall–Kier alpha value is -1.12. The van der Waals surface area contributed by atoms with Crippen LogP contribution < -0.4 is 0 Å². The van der Waals surface area contributed by atoms with Crippen LogP contribution in [0.15, 0.2) is 29.2 Å². The van der Waals surface area contributed by atoms with Gasteiger partial charge in [0.05, 0.1) is 10.5 Å². The van der Waals surface area contributed by atoms with Gasteiger partial charge in [-0.2, -0.15) is 17.5 Å². The molecule has 0 amide bonds. The van der Waals surface area contributed by atoms with Gasteiger partial charge < -0.3 is 0 Å². The van der Waals surface area contributed by atoms with Gasteiger partial charge >= 0.3 is 6.18 Å². The van der Waals surface area contributed by atoms with Crippen molar-refractivity contribution in [3.05, 3.63) is 29.8 Å². The van der Waals surface area contributed by atoms with Crippen molar-refractivity contribution in [1.82, 2.24) is 9.21 Å². The molecule has 3 aliphatic heterocycles. The lowest BCUT2D eigenvalue weighted by atomic mass is 9.70. The summed E-state index contributed by atoms with van der Waals surface area (Å²) in [5.41, 5.74) is -0.912. The van der Waals surface area contributed by atoms with Crippen LogP contribution in [-0.2, 0) is 16.2 Å². The lowest BCUT2D eigenvalue weighted by Crippen LogP contribution is -2.65. The van der Waals surface area contributed by atoms with Gasteiger partial charge in [-0.1, -0.05) is 25.8 Å². The number of benzene rings is 1. The molecule has 30 heavy (non-hydrogen) atoms. The minimum absolute atomic E-state index is 0.133. The molecule has 0 radical (unpaired) electrons. The lowest BCUT2D eigenvalue weighted by Gasteiger charge is -2.57. The van der Waals surface area contributed by atoms with E-state index in [9.17, 15) is 21.6 Å². The van der Waals surface area contributed by atoms with E-state index in [2.05, 4.69) is 11.8 Å². The molecule has 0 N–H and O–H groups in total. The highest BCUT2D eigenvalue weighted by molar-refractivity contribution is 7.89. The van der Waals surface area contributed by atoms with Crippen LogP contribution in [0, 0.1) is 11.8 Å². The number of hydrogen-bond donors (Lipinski definition) is 0. The van der Waals surface area contributed by atoms with Crippen molar-refractivity contribution in [2.24, 2.45) is 11.8 Å². The van der Waals surface area contributed by atoms with E-state index in [1.165, 1.54) is 12.1 Å². The molecule has 4 nitrogen and oxygen atoms in total. The maximum absolute atomic E-state index is 13.6. The summed E-state index contributed by atoms with van der Waals surface area (Å²) < 4.78 is 68.5. The second-order valence-corrected chi connectivity index (χ2v) is 10.9. The summed E-state index contributed by atoms with van der Waals surface area (Å²) in [4.78, 5) is 2.32. The summed E-state index contributed by atoms with van der Waals surface area (Å²) in [5, 5.41) is 0. The molecule has 3 heterocycles. The van der Waals surface area contributed by atoms with E-state index in [-0.39, 0.29) is 22.8 Å². The Labute approximate surface area is 177 Å². The maximum Gasteiger partial charge on any atom is 0.416 e. The number of hydrogen-bond acceptors (Lipinski definition) is 3. The third-order valence-corrected chi connectivity index (χ3v) is 9.13. The Balaban J connectivity index is 1.71. The van der Waals surface area contributed by atoms with Gasteiger partial charge in [0.1, 0.15) is 0 Å². The molecule has 3 saturated heterocycles. The largest absolute Gasteiger partial charge is 0.416 e. The van der Waals surface area contributed by atoms with E-state index >= 15 is 0 Å². The SMILES string of the molecule is CCCC[C@@H]1[C@H]2CCCN3CCC[C@H](CN1S(=O)(=O)c1cccc(C(F)(F)F)c1)[C@@H]23. The molecule has 3 fully saturated rings. The first-order chi connectivity index (χ1) is 14.2. The van der Waals surface area contributed by atoms with E-state index in [0.29, 0.717) is 12.6 Å². The maximum atomic E-state index is 13.6. The molecule has 0 aliphatic carbocycles. The quantitative estimate of drug-likeness (QED) is 0.658. The highest BCUT2D eigenvalue weighted by Gasteiger charge is 2.51. The van der Waals surface area contributed by atoms with Crippen molar-refractivity contribution in [2.45, 2.75) is 75.0 Å². The first-order valence-electron chi connectivity index (χ1n) is 11.2. The first kappa shape index (κ1) is 22.1. The third kappa shape index (κ3) is 4.02. The fourth-order valence-corrected chi connectivity index (χ4v) is 7.78. The van der Waals surface area contributed by atoms with E-state index < -0.39 is 21.8 Å². The van der Waals surface area contributed by atoms with E-state index in [1.54, 1.807) is 4.31 Å². The fourth-order valence-electron chi connectivity index (χ4n) is 5.97. The van der Waals surface area contributed by atoms with Crippen LogP contribution in [0.4, 0.5) is 13.2 Å². The second-order valence-electron chi connectivity index (χ2n) is 9.04. The van der Waals surface area contributed by atoms with Gasteiger partial charge in [0, 0.05) is 18.6 Å². The fraction of sp³-hybridized carbons (Fsp3) is 0.727. The number of piperidine rings is 3. The van der Waals surface area contributed by atoms with Gasteiger partial charge in [0.15, 0.2) is 0 Å². The molecule has 0 unspecified atom stereocenters. The molecule has 1 aromatic carbocycles. The lowest BCUT2D eigenvalue weighted by molar-refractivity contribution is -0.137. The molecular formula is C22H31F3N2O2S. The summed E-state index contributed by atoms with van der Waals surface area (Å²) in [7, 11) is -4.00. The molecule has 0 aromatic heterocycles. The first-order valence-corrected chi connectivity index (χ1v) is 12.6. The molecule has 4 rings (SSSR count). The molecule has 0 spiro atoms. The van der Waals surface area contributed by atoms with Gasteiger partial charge in [-0.25, -0.2) is 8.42 Å².